The van der Waals surface area contributed by atoms with Gasteiger partial charge < -0.3 is 9.64 Å². The van der Waals surface area contributed by atoms with E-state index in [9.17, 15) is 14.0 Å². The molecule has 0 saturated carbocycles. The van der Waals surface area contributed by atoms with Gasteiger partial charge in [-0.1, -0.05) is 35.5 Å². The maximum atomic E-state index is 14.2. The van der Waals surface area contributed by atoms with Crippen LogP contribution in [0.3, 0.4) is 0 Å². The van der Waals surface area contributed by atoms with Crippen LogP contribution < -0.4 is 10.3 Å². The summed E-state index contributed by atoms with van der Waals surface area (Å²) in [5, 5.41) is 12.1. The first-order valence-electron chi connectivity index (χ1n) is 16.4. The van der Waals surface area contributed by atoms with Crippen molar-refractivity contribution >= 4 is 5.91 Å². The predicted molar refractivity (Wildman–Crippen MR) is 180 cm³/mol. The number of benzene rings is 3. The van der Waals surface area contributed by atoms with Crippen molar-refractivity contribution in [2.75, 3.05) is 13.1 Å². The first-order chi connectivity index (χ1) is 23.0. The fourth-order valence-corrected chi connectivity index (χ4v) is 7.06. The number of aromatic amines is 1. The Morgan fingerprint density at radius 2 is 1.73 bits per heavy atom. The van der Waals surface area contributed by atoms with Crippen molar-refractivity contribution in [3.05, 3.63) is 129 Å². The van der Waals surface area contributed by atoms with Gasteiger partial charge in [-0.15, -0.1) is 5.10 Å². The van der Waals surface area contributed by atoms with Gasteiger partial charge >= 0.3 is 0 Å². The summed E-state index contributed by atoms with van der Waals surface area (Å²) in [5.74, 6) is 0.318. The number of halogens is 1. The molecular formula is C37H40FN7O3. The number of hydrogen-bond donors (Lipinski definition) is 1. The number of nitrogens with one attached hydrogen (secondary N) is 1. The molecule has 4 heterocycles. The Morgan fingerprint density at radius 1 is 1.00 bits per heavy atom. The van der Waals surface area contributed by atoms with Crippen LogP contribution >= 0.6 is 0 Å². The van der Waals surface area contributed by atoms with Gasteiger partial charge in [0.1, 0.15) is 17.2 Å². The van der Waals surface area contributed by atoms with Crippen molar-refractivity contribution in [2.45, 2.75) is 70.8 Å². The number of carbonyl (C=O) groups excluding carboxylic acids is 1. The third-order valence-corrected chi connectivity index (χ3v) is 9.40. The molecule has 0 radical (unpaired) electrons. The highest BCUT2D eigenvalue weighted by Gasteiger charge is 2.37. The average molecular weight is 650 g/mol. The monoisotopic (exact) mass is 649 g/mol. The van der Waals surface area contributed by atoms with Crippen LogP contribution in [0.2, 0.25) is 0 Å². The maximum absolute atomic E-state index is 14.2. The molecule has 0 unspecified atom stereocenters. The molecule has 3 atom stereocenters. The first kappa shape index (κ1) is 31.6. The highest BCUT2D eigenvalue weighted by molar-refractivity contribution is 5.94. The quantitative estimate of drug-likeness (QED) is 0.255. The molecule has 0 bridgehead atoms. The Labute approximate surface area is 278 Å². The number of nitrogens with zero attached hydrogens (tertiary/aromatic N) is 6. The summed E-state index contributed by atoms with van der Waals surface area (Å²) < 4.78 is 23.6. The number of carbonyl (C=O) groups is 1. The lowest BCUT2D eigenvalue weighted by Gasteiger charge is -2.44. The SMILES string of the molecule is C[C@@H]1CN(C(=O)c2ccc(-n3[nH]c(Cc4ccccc4)cc3=O)cc2)C[C@H](C)N1Cc1cn([C@@H]2CC(C)(C)Oc3ccc(F)cc32)nn1. The molecule has 1 amide bonds. The van der Waals surface area contributed by atoms with Gasteiger partial charge in [-0.3, -0.25) is 19.6 Å². The molecule has 0 spiro atoms. The van der Waals surface area contributed by atoms with Crippen molar-refractivity contribution in [3.63, 3.8) is 0 Å². The number of aromatic nitrogens is 5. The van der Waals surface area contributed by atoms with Gasteiger partial charge in [0, 0.05) is 67.4 Å². The van der Waals surface area contributed by atoms with Crippen LogP contribution in [0, 0.1) is 5.82 Å². The minimum atomic E-state index is -0.431. The van der Waals surface area contributed by atoms with Gasteiger partial charge in [0.05, 0.1) is 23.6 Å². The highest BCUT2D eigenvalue weighted by Crippen LogP contribution is 2.41. The minimum Gasteiger partial charge on any atom is -0.487 e. The van der Waals surface area contributed by atoms with E-state index in [1.54, 1.807) is 36.4 Å². The van der Waals surface area contributed by atoms with Crippen molar-refractivity contribution in [1.82, 2.24) is 34.6 Å². The average Bonchev–Trinajstić information content (AvgIpc) is 3.68. The van der Waals surface area contributed by atoms with Crippen LogP contribution in [0.15, 0.2) is 89.9 Å². The Morgan fingerprint density at radius 3 is 2.46 bits per heavy atom. The molecule has 2 aliphatic heterocycles. The van der Waals surface area contributed by atoms with E-state index in [-0.39, 0.29) is 35.4 Å². The molecule has 7 rings (SSSR count). The van der Waals surface area contributed by atoms with E-state index in [2.05, 4.69) is 34.2 Å². The molecule has 10 nitrogen and oxygen atoms in total. The second-order valence-electron chi connectivity index (χ2n) is 13.7. The summed E-state index contributed by atoms with van der Waals surface area (Å²) in [6.07, 6.45) is 3.21. The Hall–Kier alpha value is -5.03. The number of H-pyrrole nitrogens is 1. The topological polar surface area (TPSA) is 101 Å². The van der Waals surface area contributed by atoms with Crippen molar-refractivity contribution in [3.8, 4) is 11.4 Å². The number of amides is 1. The molecule has 2 aliphatic rings. The molecular weight excluding hydrogens is 609 g/mol. The number of fused-ring (bicyclic) bond motifs is 1. The molecule has 0 aliphatic carbocycles. The summed E-state index contributed by atoms with van der Waals surface area (Å²) in [7, 11) is 0. The maximum Gasteiger partial charge on any atom is 0.271 e. The second-order valence-corrected chi connectivity index (χ2v) is 13.7. The van der Waals surface area contributed by atoms with Crippen LogP contribution in [0.4, 0.5) is 4.39 Å². The number of piperazine rings is 1. The lowest BCUT2D eigenvalue weighted by molar-refractivity contribution is 0.0264. The third kappa shape index (κ3) is 6.42. The molecule has 1 N–H and O–H groups in total. The predicted octanol–water partition coefficient (Wildman–Crippen LogP) is 5.37. The second kappa shape index (κ2) is 12.5. The fourth-order valence-electron chi connectivity index (χ4n) is 7.06. The first-order valence-corrected chi connectivity index (χ1v) is 16.4. The fraction of sp³-hybridized carbons (Fsp3) is 0.351. The minimum absolute atomic E-state index is 0.0394. The standard InChI is InChI=1S/C37H40FN7O3/c1-24-20-42(36(47)27-10-13-31(14-11-27)45-35(46)18-29(40-45)16-26-8-6-5-7-9-26)21-25(2)43(24)22-30-23-44(41-39-30)33-19-37(3,4)48-34-15-12-28(38)17-32(33)34/h5-15,17-18,23-25,33,40H,16,19-22H2,1-4H3/t24-,25+,33-/m1/s1. The van der Waals surface area contributed by atoms with Gasteiger partial charge in [0.25, 0.3) is 11.5 Å². The molecule has 1 saturated heterocycles. The zero-order valence-corrected chi connectivity index (χ0v) is 27.6. The lowest BCUT2D eigenvalue weighted by Crippen LogP contribution is -2.57. The van der Waals surface area contributed by atoms with E-state index in [0.29, 0.717) is 49.5 Å². The third-order valence-electron chi connectivity index (χ3n) is 9.40. The molecule has 248 valence electrons. The van der Waals surface area contributed by atoms with E-state index >= 15 is 0 Å². The van der Waals surface area contributed by atoms with E-state index in [4.69, 9.17) is 4.74 Å². The highest BCUT2D eigenvalue weighted by atomic mass is 19.1. The van der Waals surface area contributed by atoms with Crippen LogP contribution in [-0.4, -0.2) is 71.3 Å². The number of rotatable bonds is 7. The van der Waals surface area contributed by atoms with Gasteiger partial charge in [-0.25, -0.2) is 13.8 Å². The smallest absolute Gasteiger partial charge is 0.271 e. The number of hydrogen-bond acceptors (Lipinski definition) is 6. The number of ether oxygens (including phenoxy) is 1. The molecule has 2 aromatic heterocycles. The molecule has 48 heavy (non-hydrogen) atoms. The zero-order valence-electron chi connectivity index (χ0n) is 27.6. The largest absolute Gasteiger partial charge is 0.487 e. The van der Waals surface area contributed by atoms with Gasteiger partial charge in [-0.05, 0) is 75.7 Å². The summed E-state index contributed by atoms with van der Waals surface area (Å²) in [4.78, 5) is 30.6. The molecule has 11 heteroatoms. The summed E-state index contributed by atoms with van der Waals surface area (Å²) in [6, 6.07) is 23.4. The lowest BCUT2D eigenvalue weighted by atomic mass is 9.90. The zero-order chi connectivity index (χ0) is 33.6. The van der Waals surface area contributed by atoms with Crippen molar-refractivity contribution in [1.29, 1.82) is 0 Å². The van der Waals surface area contributed by atoms with E-state index < -0.39 is 5.60 Å². The molecule has 5 aromatic rings. The summed E-state index contributed by atoms with van der Waals surface area (Å²) in [6.45, 7) is 10.0. The Balaban J connectivity index is 0.999. The molecule has 1 fully saturated rings. The van der Waals surface area contributed by atoms with Gasteiger partial charge in [0.2, 0.25) is 0 Å². The van der Waals surface area contributed by atoms with Crippen molar-refractivity contribution in [2.24, 2.45) is 0 Å². The van der Waals surface area contributed by atoms with Crippen LogP contribution in [0.1, 0.15) is 73.0 Å². The van der Waals surface area contributed by atoms with Crippen LogP contribution in [-0.2, 0) is 13.0 Å². The van der Waals surface area contributed by atoms with Crippen LogP contribution in [0.5, 0.6) is 5.75 Å². The molecule has 3 aromatic carbocycles. The van der Waals surface area contributed by atoms with Gasteiger partial charge in [-0.2, -0.15) is 0 Å². The summed E-state index contributed by atoms with van der Waals surface area (Å²) >= 11 is 0. The normalized spacial score (nSPS) is 20.7. The van der Waals surface area contributed by atoms with Gasteiger partial charge in [0.15, 0.2) is 0 Å². The van der Waals surface area contributed by atoms with E-state index in [0.717, 1.165) is 22.5 Å². The Bertz CT molecular complexity index is 1970. The van der Waals surface area contributed by atoms with Crippen molar-refractivity contribution < 1.29 is 13.9 Å². The van der Waals surface area contributed by atoms with Crippen LogP contribution in [0.25, 0.3) is 5.69 Å². The van der Waals surface area contributed by atoms with E-state index in [1.807, 2.05) is 60.0 Å². The Kier molecular flexibility index (Phi) is 8.24. The summed E-state index contributed by atoms with van der Waals surface area (Å²) in [5.41, 5.74) is 4.20. The van der Waals surface area contributed by atoms with E-state index in [1.165, 1.54) is 16.8 Å².